The molecule has 1 aromatic rings. The minimum Gasteiger partial charge on any atom is -0.500 e. The summed E-state index contributed by atoms with van der Waals surface area (Å²) in [6.45, 7) is 0. The smallest absolute Gasteiger partial charge is 0.179 e. The van der Waals surface area contributed by atoms with Crippen LogP contribution in [0, 0.1) is 5.41 Å². The van der Waals surface area contributed by atoms with E-state index < -0.39 is 0 Å². The molecule has 0 amide bonds. The Balaban J connectivity index is 2.88. The number of rotatable bonds is 4. The largest absolute Gasteiger partial charge is 0.500 e. The van der Waals surface area contributed by atoms with Gasteiger partial charge in [0, 0.05) is 16.8 Å². The molecule has 0 saturated carbocycles. The summed E-state index contributed by atoms with van der Waals surface area (Å²) in [5, 5.41) is 7.54. The zero-order valence-corrected chi connectivity index (χ0v) is 8.91. The second-order valence-electron chi connectivity index (χ2n) is 2.72. The fourth-order valence-electron chi connectivity index (χ4n) is 0.983. The Morgan fingerprint density at radius 2 is 2.20 bits per heavy atom. The first-order chi connectivity index (χ1) is 7.15. The zero-order chi connectivity index (χ0) is 11.3. The van der Waals surface area contributed by atoms with Crippen molar-refractivity contribution in [2.75, 3.05) is 12.8 Å². The third-order valence-corrected chi connectivity index (χ3v) is 1.72. The quantitative estimate of drug-likeness (QED) is 0.471. The summed E-state index contributed by atoms with van der Waals surface area (Å²) in [5.41, 5.74) is 6.08. The molecule has 0 unspecified atom stereocenters. The average molecular weight is 227 g/mol. The van der Waals surface area contributed by atoms with Gasteiger partial charge < -0.3 is 20.6 Å². The minimum absolute atomic E-state index is 0.263. The third-order valence-electron chi connectivity index (χ3n) is 1.51. The van der Waals surface area contributed by atoms with Gasteiger partial charge >= 0.3 is 0 Å². The molecule has 0 spiro atoms. The summed E-state index contributed by atoms with van der Waals surface area (Å²) in [6.07, 6.45) is 2.34. The Bertz CT molecular complexity index is 371. The molecule has 5 heteroatoms. The molecule has 0 radical (unpaired) electrons. The van der Waals surface area contributed by atoms with E-state index in [1.807, 2.05) is 0 Å². The second kappa shape index (κ2) is 5.26. The molecule has 1 aromatic carbocycles. The van der Waals surface area contributed by atoms with E-state index in [0.29, 0.717) is 16.5 Å². The number of nitrogen functional groups attached to an aromatic ring is 1. The van der Waals surface area contributed by atoms with Gasteiger partial charge in [-0.2, -0.15) is 0 Å². The van der Waals surface area contributed by atoms with Crippen LogP contribution in [0.25, 0.3) is 0 Å². The molecule has 0 fully saturated rings. The van der Waals surface area contributed by atoms with E-state index in [0.717, 1.165) is 6.21 Å². The second-order valence-corrected chi connectivity index (χ2v) is 3.16. The van der Waals surface area contributed by atoms with Crippen LogP contribution in [0.5, 0.6) is 5.75 Å². The highest BCUT2D eigenvalue weighted by Gasteiger charge is 2.01. The standard InChI is InChI=1S/C10H11ClN2O2/c1-14-6-10(5-12)15-9-3-7(11)2-8(13)4-9/h2-6,12H,13H2,1H3/b10-6+,12-5?. The van der Waals surface area contributed by atoms with Crippen molar-refractivity contribution in [1.82, 2.24) is 0 Å². The lowest BCUT2D eigenvalue weighted by atomic mass is 10.3. The number of ether oxygens (including phenoxy) is 2. The van der Waals surface area contributed by atoms with Crippen molar-refractivity contribution < 1.29 is 9.47 Å². The highest BCUT2D eigenvalue weighted by Crippen LogP contribution is 2.23. The normalized spacial score (nSPS) is 10.9. The summed E-state index contributed by atoms with van der Waals surface area (Å²) >= 11 is 5.79. The number of nitrogens with two attached hydrogens (primary N) is 1. The molecule has 4 nitrogen and oxygen atoms in total. The maximum Gasteiger partial charge on any atom is 0.179 e. The molecule has 0 heterocycles. The number of hydrogen-bond donors (Lipinski definition) is 2. The number of methoxy groups -OCH3 is 1. The number of halogens is 1. The van der Waals surface area contributed by atoms with Crippen LogP contribution < -0.4 is 10.5 Å². The lowest BCUT2D eigenvalue weighted by Crippen LogP contribution is -1.97. The van der Waals surface area contributed by atoms with Crippen LogP contribution in [-0.2, 0) is 4.74 Å². The zero-order valence-electron chi connectivity index (χ0n) is 8.16. The van der Waals surface area contributed by atoms with E-state index in [9.17, 15) is 0 Å². The van der Waals surface area contributed by atoms with Crippen molar-refractivity contribution in [3.63, 3.8) is 0 Å². The van der Waals surface area contributed by atoms with Gasteiger partial charge in [0.2, 0.25) is 0 Å². The number of nitrogens with one attached hydrogen (secondary N) is 1. The number of allylic oxidation sites excluding steroid dienone is 1. The topological polar surface area (TPSA) is 68.3 Å². The van der Waals surface area contributed by atoms with E-state index in [2.05, 4.69) is 0 Å². The first kappa shape index (κ1) is 11.4. The Morgan fingerprint density at radius 3 is 2.73 bits per heavy atom. The van der Waals surface area contributed by atoms with Crippen LogP contribution in [0.4, 0.5) is 5.69 Å². The van der Waals surface area contributed by atoms with Crippen molar-refractivity contribution in [1.29, 1.82) is 5.41 Å². The lowest BCUT2D eigenvalue weighted by molar-refractivity contribution is 0.313. The molecular formula is C10H11ClN2O2. The molecule has 0 bridgehead atoms. The first-order valence-corrected chi connectivity index (χ1v) is 4.51. The van der Waals surface area contributed by atoms with Gasteiger partial charge in [0.15, 0.2) is 5.76 Å². The third kappa shape index (κ3) is 3.52. The van der Waals surface area contributed by atoms with Crippen LogP contribution in [0.1, 0.15) is 0 Å². The van der Waals surface area contributed by atoms with Gasteiger partial charge in [-0.15, -0.1) is 0 Å². The summed E-state index contributed by atoms with van der Waals surface area (Å²) in [5.74, 6) is 0.728. The van der Waals surface area contributed by atoms with Crippen LogP contribution in [0.3, 0.4) is 0 Å². The maximum atomic E-state index is 7.06. The first-order valence-electron chi connectivity index (χ1n) is 4.13. The number of hydrogen-bond acceptors (Lipinski definition) is 4. The van der Waals surface area contributed by atoms with E-state index in [1.54, 1.807) is 18.2 Å². The van der Waals surface area contributed by atoms with Gasteiger partial charge in [0.05, 0.1) is 13.3 Å². The molecule has 3 N–H and O–H groups in total. The van der Waals surface area contributed by atoms with E-state index in [4.69, 9.17) is 32.2 Å². The van der Waals surface area contributed by atoms with E-state index in [-0.39, 0.29) is 5.76 Å². The van der Waals surface area contributed by atoms with Crippen molar-refractivity contribution in [3.05, 3.63) is 35.2 Å². The predicted octanol–water partition coefficient (Wildman–Crippen LogP) is 2.44. The summed E-state index contributed by atoms with van der Waals surface area (Å²) in [7, 11) is 1.47. The van der Waals surface area contributed by atoms with Gasteiger partial charge in [-0.1, -0.05) is 11.6 Å². The van der Waals surface area contributed by atoms with E-state index in [1.165, 1.54) is 13.4 Å². The van der Waals surface area contributed by atoms with Gasteiger partial charge in [0.25, 0.3) is 0 Å². The molecule has 1 rings (SSSR count). The monoisotopic (exact) mass is 226 g/mol. The van der Waals surface area contributed by atoms with Crippen molar-refractivity contribution >= 4 is 23.5 Å². The lowest BCUT2D eigenvalue weighted by Gasteiger charge is -2.06. The molecule has 0 aliphatic carbocycles. The van der Waals surface area contributed by atoms with Crippen LogP contribution in [0.2, 0.25) is 5.02 Å². The van der Waals surface area contributed by atoms with Crippen LogP contribution >= 0.6 is 11.6 Å². The predicted molar refractivity (Wildman–Crippen MR) is 60.4 cm³/mol. The molecule has 0 aliphatic rings. The van der Waals surface area contributed by atoms with E-state index >= 15 is 0 Å². The van der Waals surface area contributed by atoms with Gasteiger partial charge in [0.1, 0.15) is 12.0 Å². The van der Waals surface area contributed by atoms with Gasteiger partial charge in [-0.3, -0.25) is 0 Å². The molecule has 0 aromatic heterocycles. The Hall–Kier alpha value is -1.68. The Morgan fingerprint density at radius 1 is 1.47 bits per heavy atom. The highest BCUT2D eigenvalue weighted by molar-refractivity contribution is 6.31. The SMILES string of the molecule is CO/C=C(\C=N)Oc1cc(N)cc(Cl)c1. The molecule has 80 valence electrons. The van der Waals surface area contributed by atoms with Crippen LogP contribution in [0.15, 0.2) is 30.2 Å². The molecule has 0 saturated heterocycles. The molecule has 0 aliphatic heterocycles. The van der Waals surface area contributed by atoms with Crippen molar-refractivity contribution in [2.45, 2.75) is 0 Å². The maximum absolute atomic E-state index is 7.06. The van der Waals surface area contributed by atoms with Crippen molar-refractivity contribution in [3.8, 4) is 5.75 Å². The summed E-state index contributed by atoms with van der Waals surface area (Å²) in [4.78, 5) is 0. The summed E-state index contributed by atoms with van der Waals surface area (Å²) < 4.78 is 10.0. The number of anilines is 1. The minimum atomic E-state index is 0.263. The van der Waals surface area contributed by atoms with Crippen LogP contribution in [-0.4, -0.2) is 13.3 Å². The number of benzene rings is 1. The Labute approximate surface area is 92.8 Å². The van der Waals surface area contributed by atoms with Gasteiger partial charge in [-0.25, -0.2) is 0 Å². The average Bonchev–Trinajstić information content (AvgIpc) is 2.15. The van der Waals surface area contributed by atoms with Gasteiger partial charge in [-0.05, 0) is 12.1 Å². The molecule has 0 atom stereocenters. The Kier molecular flexibility index (Phi) is 4.00. The fraction of sp³-hybridized carbons (Fsp3) is 0.100. The highest BCUT2D eigenvalue weighted by atomic mass is 35.5. The molecule has 15 heavy (non-hydrogen) atoms. The molecular weight excluding hydrogens is 216 g/mol. The summed E-state index contributed by atoms with van der Waals surface area (Å²) in [6, 6.07) is 4.82. The fourth-order valence-corrected chi connectivity index (χ4v) is 1.22. The van der Waals surface area contributed by atoms with Crippen molar-refractivity contribution in [2.24, 2.45) is 0 Å².